The van der Waals surface area contributed by atoms with Gasteiger partial charge in [0, 0.05) is 6.04 Å². The van der Waals surface area contributed by atoms with Crippen molar-refractivity contribution in [2.45, 2.75) is 44.6 Å². The number of hydrogen-bond acceptors (Lipinski definition) is 3. The third-order valence-electron chi connectivity index (χ3n) is 3.81. The van der Waals surface area contributed by atoms with E-state index in [4.69, 9.17) is 4.84 Å². The average Bonchev–Trinajstić information content (AvgIpc) is 2.29. The lowest BCUT2D eigenvalue weighted by molar-refractivity contribution is 0.211. The van der Waals surface area contributed by atoms with Crippen LogP contribution in [0.4, 0.5) is 0 Å². The first-order chi connectivity index (χ1) is 7.72. The molecule has 3 nitrogen and oxygen atoms in total. The van der Waals surface area contributed by atoms with E-state index >= 15 is 0 Å². The summed E-state index contributed by atoms with van der Waals surface area (Å²) in [5, 5.41) is 4.18. The van der Waals surface area contributed by atoms with Crippen molar-refractivity contribution in [3.63, 3.8) is 0 Å². The smallest absolute Gasteiger partial charge is 0.106 e. The van der Waals surface area contributed by atoms with Gasteiger partial charge in [0.2, 0.25) is 0 Å². The molecule has 0 heterocycles. The van der Waals surface area contributed by atoms with Crippen molar-refractivity contribution in [3.8, 4) is 0 Å². The van der Waals surface area contributed by atoms with Gasteiger partial charge in [-0.2, -0.15) is 0 Å². The molecule has 0 aliphatic heterocycles. The van der Waals surface area contributed by atoms with Crippen molar-refractivity contribution in [1.29, 1.82) is 0 Å². The minimum atomic E-state index is 0.723. The van der Waals surface area contributed by atoms with Crippen LogP contribution < -0.4 is 0 Å². The molecule has 0 bridgehead atoms. The Morgan fingerprint density at radius 2 is 2.06 bits per heavy atom. The van der Waals surface area contributed by atoms with E-state index in [9.17, 15) is 0 Å². The van der Waals surface area contributed by atoms with Gasteiger partial charge in [-0.3, -0.25) is 0 Å². The van der Waals surface area contributed by atoms with Crippen LogP contribution >= 0.6 is 0 Å². The highest BCUT2D eigenvalue weighted by atomic mass is 16.6. The number of rotatable bonds is 2. The van der Waals surface area contributed by atoms with Crippen LogP contribution in [0.3, 0.4) is 0 Å². The Bertz CT molecular complexity index is 318. The molecule has 0 aromatic heterocycles. The minimum Gasteiger partial charge on any atom is -0.399 e. The second kappa shape index (κ2) is 5.00. The molecule has 90 valence electrons. The fourth-order valence-electron chi connectivity index (χ4n) is 2.87. The average molecular weight is 222 g/mol. The highest BCUT2D eigenvalue weighted by molar-refractivity contribution is 6.01. The summed E-state index contributed by atoms with van der Waals surface area (Å²) in [6, 6.07) is 0.723. The Labute approximate surface area is 98.1 Å². The topological polar surface area (TPSA) is 24.8 Å². The molecule has 2 rings (SSSR count). The molecule has 0 saturated carbocycles. The van der Waals surface area contributed by atoms with Crippen LogP contribution in [0.1, 0.15) is 38.5 Å². The summed E-state index contributed by atoms with van der Waals surface area (Å²) < 4.78 is 0. The third kappa shape index (κ3) is 2.29. The molecule has 0 saturated heterocycles. The van der Waals surface area contributed by atoms with E-state index in [1.165, 1.54) is 43.4 Å². The molecule has 3 heteroatoms. The van der Waals surface area contributed by atoms with Gasteiger partial charge in [-0.1, -0.05) is 10.7 Å². The third-order valence-corrected chi connectivity index (χ3v) is 3.81. The van der Waals surface area contributed by atoms with Gasteiger partial charge >= 0.3 is 0 Å². The van der Waals surface area contributed by atoms with Gasteiger partial charge in [0.15, 0.2) is 0 Å². The normalized spacial score (nSPS) is 28.5. The maximum absolute atomic E-state index is 4.95. The zero-order valence-electron chi connectivity index (χ0n) is 10.6. The highest BCUT2D eigenvalue weighted by Gasteiger charge is 2.27. The van der Waals surface area contributed by atoms with E-state index in [0.29, 0.717) is 0 Å². The van der Waals surface area contributed by atoms with Crippen LogP contribution in [0.2, 0.25) is 0 Å². The molecular formula is C13H22N2O. The zero-order chi connectivity index (χ0) is 11.5. The Hall–Kier alpha value is -0.830. The molecule has 2 aliphatic carbocycles. The van der Waals surface area contributed by atoms with Gasteiger partial charge in [0.1, 0.15) is 7.11 Å². The Morgan fingerprint density at radius 1 is 1.25 bits per heavy atom. The highest BCUT2D eigenvalue weighted by Crippen LogP contribution is 2.35. The van der Waals surface area contributed by atoms with Crippen LogP contribution in [-0.4, -0.2) is 37.9 Å². The summed E-state index contributed by atoms with van der Waals surface area (Å²) in [6.07, 6.45) is 7.27. The molecule has 0 radical (unpaired) electrons. The van der Waals surface area contributed by atoms with Gasteiger partial charge in [-0.25, -0.2) is 0 Å². The van der Waals surface area contributed by atoms with Gasteiger partial charge in [0.25, 0.3) is 0 Å². The molecule has 0 fully saturated rings. The van der Waals surface area contributed by atoms with Crippen molar-refractivity contribution in [2.24, 2.45) is 5.16 Å². The van der Waals surface area contributed by atoms with E-state index in [1.807, 2.05) is 0 Å². The maximum Gasteiger partial charge on any atom is 0.106 e. The van der Waals surface area contributed by atoms with Crippen LogP contribution in [0.5, 0.6) is 0 Å². The van der Waals surface area contributed by atoms with Crippen LogP contribution in [0.25, 0.3) is 0 Å². The molecule has 1 atom stereocenters. The number of hydrogen-bond donors (Lipinski definition) is 0. The molecule has 0 N–H and O–H groups in total. The standard InChI is InChI=1S/C13H22N2O/c1-15(2)11-7-8-12-10(9-11)5-4-6-13(12)14-16-3/h11H,4-9H2,1-3H3. The Kier molecular flexibility index (Phi) is 3.64. The largest absolute Gasteiger partial charge is 0.399 e. The second-order valence-corrected chi connectivity index (χ2v) is 5.02. The second-order valence-electron chi connectivity index (χ2n) is 5.02. The van der Waals surface area contributed by atoms with Crippen molar-refractivity contribution >= 4 is 5.71 Å². The van der Waals surface area contributed by atoms with Crippen molar-refractivity contribution in [1.82, 2.24) is 4.90 Å². The zero-order valence-corrected chi connectivity index (χ0v) is 10.6. The first kappa shape index (κ1) is 11.6. The van der Waals surface area contributed by atoms with E-state index in [2.05, 4.69) is 24.2 Å². The van der Waals surface area contributed by atoms with Crippen LogP contribution in [0, 0.1) is 0 Å². The molecule has 0 aromatic rings. The SMILES string of the molecule is CON=C1CCCC2=C1CCC(N(C)C)C2. The summed E-state index contributed by atoms with van der Waals surface area (Å²) >= 11 is 0. The fourth-order valence-corrected chi connectivity index (χ4v) is 2.87. The van der Waals surface area contributed by atoms with E-state index < -0.39 is 0 Å². The lowest BCUT2D eigenvalue weighted by atomic mass is 9.79. The van der Waals surface area contributed by atoms with Gasteiger partial charge in [0.05, 0.1) is 5.71 Å². The lowest BCUT2D eigenvalue weighted by Crippen LogP contribution is -2.33. The molecule has 2 aliphatic rings. The molecular weight excluding hydrogens is 200 g/mol. The lowest BCUT2D eigenvalue weighted by Gasteiger charge is -2.34. The predicted octanol–water partition coefficient (Wildman–Crippen LogP) is 2.58. The Balaban J connectivity index is 2.17. The number of nitrogens with zero attached hydrogens (tertiary/aromatic N) is 2. The molecule has 0 amide bonds. The van der Waals surface area contributed by atoms with Crippen molar-refractivity contribution in [3.05, 3.63) is 11.1 Å². The van der Waals surface area contributed by atoms with Gasteiger partial charge in [-0.15, -0.1) is 0 Å². The van der Waals surface area contributed by atoms with Crippen molar-refractivity contribution < 1.29 is 4.84 Å². The first-order valence-corrected chi connectivity index (χ1v) is 6.20. The minimum absolute atomic E-state index is 0.723. The summed E-state index contributed by atoms with van der Waals surface area (Å²) in [4.78, 5) is 7.30. The summed E-state index contributed by atoms with van der Waals surface area (Å²) in [5.74, 6) is 0. The predicted molar refractivity (Wildman–Crippen MR) is 66.6 cm³/mol. The van der Waals surface area contributed by atoms with Crippen molar-refractivity contribution in [2.75, 3.05) is 21.2 Å². The molecule has 16 heavy (non-hydrogen) atoms. The number of oxime groups is 1. The summed E-state index contributed by atoms with van der Waals surface area (Å²) in [6.45, 7) is 0. The van der Waals surface area contributed by atoms with E-state index in [1.54, 1.807) is 12.7 Å². The summed E-state index contributed by atoms with van der Waals surface area (Å²) in [7, 11) is 6.01. The van der Waals surface area contributed by atoms with E-state index in [0.717, 1.165) is 12.5 Å². The molecule has 1 unspecified atom stereocenters. The Morgan fingerprint density at radius 3 is 2.75 bits per heavy atom. The monoisotopic (exact) mass is 222 g/mol. The van der Waals surface area contributed by atoms with Crippen LogP contribution in [-0.2, 0) is 4.84 Å². The maximum atomic E-state index is 4.95. The van der Waals surface area contributed by atoms with E-state index in [-0.39, 0.29) is 0 Å². The quantitative estimate of drug-likeness (QED) is 0.671. The summed E-state index contributed by atoms with van der Waals surface area (Å²) in [5.41, 5.74) is 4.35. The number of allylic oxidation sites excluding steroid dienone is 1. The first-order valence-electron chi connectivity index (χ1n) is 6.20. The molecule has 0 spiro atoms. The molecule has 0 aromatic carbocycles. The van der Waals surface area contributed by atoms with Crippen LogP contribution in [0.15, 0.2) is 16.3 Å². The van der Waals surface area contributed by atoms with Gasteiger partial charge < -0.3 is 9.74 Å². The fraction of sp³-hybridized carbons (Fsp3) is 0.769. The van der Waals surface area contributed by atoms with Gasteiger partial charge in [-0.05, 0) is 58.2 Å².